The van der Waals surface area contributed by atoms with Crippen LogP contribution in [0, 0.1) is 0 Å². The minimum Gasteiger partial charge on any atom is -0.497 e. The van der Waals surface area contributed by atoms with Gasteiger partial charge in [-0.05, 0) is 18.2 Å². The van der Waals surface area contributed by atoms with E-state index >= 15 is 0 Å². The minimum atomic E-state index is -0.550. The predicted molar refractivity (Wildman–Crippen MR) is 66.2 cm³/mol. The minimum absolute atomic E-state index is 0.311. The number of aromatic nitrogens is 2. The quantitative estimate of drug-likeness (QED) is 0.839. The monoisotopic (exact) mass is 248 g/mol. The Hall–Kier alpha value is -2.50. The smallest absolute Gasteiger partial charge is 0.325 e. The molecule has 0 saturated carbocycles. The van der Waals surface area contributed by atoms with E-state index in [1.165, 1.54) is 20.4 Å². The van der Waals surface area contributed by atoms with Gasteiger partial charge in [0, 0.05) is 11.8 Å². The highest BCUT2D eigenvalue weighted by Gasteiger charge is 2.11. The Kier molecular flexibility index (Phi) is 3.18. The van der Waals surface area contributed by atoms with Crippen LogP contribution in [0.4, 0.5) is 0 Å². The predicted octanol–water partition coefficient (Wildman–Crippen LogP) is 0.747. The fourth-order valence-corrected chi connectivity index (χ4v) is 1.63. The third-order valence-corrected chi connectivity index (χ3v) is 2.52. The second-order valence-corrected chi connectivity index (χ2v) is 3.55. The molecular formula is C12H12N2O4. The van der Waals surface area contributed by atoms with Gasteiger partial charge in [0.1, 0.15) is 11.5 Å². The van der Waals surface area contributed by atoms with Gasteiger partial charge in [-0.1, -0.05) is 0 Å². The number of nitrogens with one attached hydrogen (secondary N) is 2. The number of ether oxygens (including phenoxy) is 2. The molecule has 1 heterocycles. The zero-order valence-electron chi connectivity index (χ0n) is 9.94. The summed E-state index contributed by atoms with van der Waals surface area (Å²) in [5, 5.41) is 0. The molecule has 6 heteroatoms. The molecule has 0 spiro atoms. The van der Waals surface area contributed by atoms with Gasteiger partial charge in [-0.3, -0.25) is 9.78 Å². The van der Waals surface area contributed by atoms with E-state index in [0.717, 1.165) is 0 Å². The number of H-pyrrole nitrogens is 2. The van der Waals surface area contributed by atoms with Crippen LogP contribution < -0.4 is 20.7 Å². The van der Waals surface area contributed by atoms with Crippen molar-refractivity contribution in [3.63, 3.8) is 0 Å². The molecule has 0 radical (unpaired) electrons. The van der Waals surface area contributed by atoms with Crippen LogP contribution in [0.25, 0.3) is 11.1 Å². The Labute approximate surface area is 102 Å². The molecule has 0 unspecified atom stereocenters. The van der Waals surface area contributed by atoms with Gasteiger partial charge in [-0.15, -0.1) is 0 Å². The Morgan fingerprint density at radius 1 is 1.06 bits per heavy atom. The first-order chi connectivity index (χ1) is 8.65. The zero-order valence-corrected chi connectivity index (χ0v) is 9.94. The molecule has 0 aliphatic carbocycles. The summed E-state index contributed by atoms with van der Waals surface area (Å²) in [6.07, 6.45) is 1.35. The lowest BCUT2D eigenvalue weighted by atomic mass is 10.1. The average molecular weight is 248 g/mol. The molecule has 0 fully saturated rings. The van der Waals surface area contributed by atoms with Crippen LogP contribution in [0.15, 0.2) is 34.0 Å². The van der Waals surface area contributed by atoms with Gasteiger partial charge >= 0.3 is 5.69 Å². The molecule has 94 valence electrons. The largest absolute Gasteiger partial charge is 0.497 e. The van der Waals surface area contributed by atoms with Gasteiger partial charge in [-0.2, -0.15) is 0 Å². The van der Waals surface area contributed by atoms with Crippen LogP contribution in [0.5, 0.6) is 11.5 Å². The molecule has 2 aromatic rings. The summed E-state index contributed by atoms with van der Waals surface area (Å²) in [5.74, 6) is 1.12. The van der Waals surface area contributed by atoms with E-state index in [1.807, 2.05) is 0 Å². The highest BCUT2D eigenvalue weighted by Crippen LogP contribution is 2.30. The molecule has 0 aliphatic heterocycles. The molecule has 0 bridgehead atoms. The fourth-order valence-electron chi connectivity index (χ4n) is 1.63. The summed E-state index contributed by atoms with van der Waals surface area (Å²) in [4.78, 5) is 27.3. The number of methoxy groups -OCH3 is 2. The maximum Gasteiger partial charge on any atom is 0.325 e. The van der Waals surface area contributed by atoms with Gasteiger partial charge in [0.05, 0.1) is 19.8 Å². The maximum atomic E-state index is 11.7. The zero-order chi connectivity index (χ0) is 13.1. The first kappa shape index (κ1) is 12.0. The topological polar surface area (TPSA) is 84.2 Å². The van der Waals surface area contributed by atoms with Crippen LogP contribution in [0.1, 0.15) is 0 Å². The van der Waals surface area contributed by atoms with E-state index in [4.69, 9.17) is 9.47 Å². The lowest BCUT2D eigenvalue weighted by Gasteiger charge is -2.09. The summed E-state index contributed by atoms with van der Waals surface area (Å²) >= 11 is 0. The molecule has 0 atom stereocenters. The van der Waals surface area contributed by atoms with Crippen molar-refractivity contribution in [2.45, 2.75) is 0 Å². The summed E-state index contributed by atoms with van der Waals surface area (Å²) in [5.41, 5.74) is -0.171. The summed E-state index contributed by atoms with van der Waals surface area (Å²) in [6, 6.07) is 5.09. The molecule has 6 nitrogen and oxygen atoms in total. The second kappa shape index (κ2) is 4.79. The molecular weight excluding hydrogens is 236 g/mol. The lowest BCUT2D eigenvalue weighted by molar-refractivity contribution is 0.404. The third kappa shape index (κ3) is 2.13. The standard InChI is InChI=1S/C12H12N2O4/c1-17-7-3-4-10(18-2)8(5-7)9-6-13-12(16)14-11(9)15/h3-6H,1-2H3,(H2,13,14,15,16). The van der Waals surface area contributed by atoms with Crippen LogP contribution >= 0.6 is 0 Å². The first-order valence-corrected chi connectivity index (χ1v) is 5.20. The summed E-state index contributed by atoms with van der Waals surface area (Å²) in [6.45, 7) is 0. The van der Waals surface area contributed by atoms with Crippen molar-refractivity contribution in [1.29, 1.82) is 0 Å². The molecule has 18 heavy (non-hydrogen) atoms. The molecule has 2 N–H and O–H groups in total. The van der Waals surface area contributed by atoms with Crippen molar-refractivity contribution >= 4 is 0 Å². The molecule has 1 aromatic carbocycles. The van der Waals surface area contributed by atoms with Crippen molar-refractivity contribution in [1.82, 2.24) is 9.97 Å². The number of benzene rings is 1. The van der Waals surface area contributed by atoms with Crippen molar-refractivity contribution in [3.05, 3.63) is 45.2 Å². The van der Waals surface area contributed by atoms with Gasteiger partial charge in [-0.25, -0.2) is 4.79 Å². The molecule has 0 saturated heterocycles. The van der Waals surface area contributed by atoms with E-state index in [2.05, 4.69) is 9.97 Å². The van der Waals surface area contributed by atoms with E-state index in [1.54, 1.807) is 18.2 Å². The highest BCUT2D eigenvalue weighted by molar-refractivity contribution is 5.70. The molecule has 1 aromatic heterocycles. The fraction of sp³-hybridized carbons (Fsp3) is 0.167. The van der Waals surface area contributed by atoms with Crippen LogP contribution in [0.2, 0.25) is 0 Å². The van der Waals surface area contributed by atoms with Crippen molar-refractivity contribution < 1.29 is 9.47 Å². The van der Waals surface area contributed by atoms with E-state index in [-0.39, 0.29) is 0 Å². The van der Waals surface area contributed by atoms with Gasteiger partial charge in [0.15, 0.2) is 0 Å². The van der Waals surface area contributed by atoms with Crippen molar-refractivity contribution in [2.75, 3.05) is 14.2 Å². The second-order valence-electron chi connectivity index (χ2n) is 3.55. The van der Waals surface area contributed by atoms with Crippen LogP contribution in [-0.4, -0.2) is 24.2 Å². The van der Waals surface area contributed by atoms with E-state index in [0.29, 0.717) is 22.6 Å². The van der Waals surface area contributed by atoms with Crippen LogP contribution in [-0.2, 0) is 0 Å². The molecule has 2 rings (SSSR count). The lowest BCUT2D eigenvalue weighted by Crippen LogP contribution is -2.22. The highest BCUT2D eigenvalue weighted by atomic mass is 16.5. The van der Waals surface area contributed by atoms with Gasteiger partial charge in [0.2, 0.25) is 0 Å². The molecule has 0 amide bonds. The normalized spacial score (nSPS) is 10.1. The Morgan fingerprint density at radius 3 is 2.44 bits per heavy atom. The Morgan fingerprint density at radius 2 is 1.83 bits per heavy atom. The Bertz CT molecular complexity index is 672. The summed E-state index contributed by atoms with van der Waals surface area (Å²) in [7, 11) is 3.04. The van der Waals surface area contributed by atoms with E-state index < -0.39 is 11.2 Å². The summed E-state index contributed by atoms with van der Waals surface area (Å²) < 4.78 is 10.3. The van der Waals surface area contributed by atoms with Gasteiger partial charge in [0.25, 0.3) is 5.56 Å². The SMILES string of the molecule is COc1ccc(OC)c(-c2c[nH]c(=O)[nH]c2=O)c1. The third-order valence-electron chi connectivity index (χ3n) is 2.52. The van der Waals surface area contributed by atoms with Crippen molar-refractivity contribution in [2.24, 2.45) is 0 Å². The number of rotatable bonds is 3. The van der Waals surface area contributed by atoms with Crippen molar-refractivity contribution in [3.8, 4) is 22.6 Å². The maximum absolute atomic E-state index is 11.7. The number of aromatic amines is 2. The van der Waals surface area contributed by atoms with E-state index in [9.17, 15) is 9.59 Å². The number of hydrogen-bond acceptors (Lipinski definition) is 4. The van der Waals surface area contributed by atoms with Gasteiger partial charge < -0.3 is 14.5 Å². The Balaban J connectivity index is 2.68. The first-order valence-electron chi connectivity index (χ1n) is 5.20. The average Bonchev–Trinajstić information content (AvgIpc) is 2.38. The molecule has 0 aliphatic rings. The van der Waals surface area contributed by atoms with Crippen LogP contribution in [0.3, 0.4) is 0 Å². The number of hydrogen-bond donors (Lipinski definition) is 2.